The molecule has 0 saturated carbocycles. The van der Waals surface area contributed by atoms with E-state index >= 15 is 0 Å². The van der Waals surface area contributed by atoms with Gasteiger partial charge in [-0.1, -0.05) is 260 Å². The van der Waals surface area contributed by atoms with Crippen LogP contribution in [0.4, 0.5) is 0 Å². The van der Waals surface area contributed by atoms with E-state index in [4.69, 9.17) is 14.2 Å². The van der Waals surface area contributed by atoms with E-state index in [0.29, 0.717) is 19.3 Å². The van der Waals surface area contributed by atoms with Crippen molar-refractivity contribution in [3.63, 3.8) is 0 Å². The Kier molecular flexibility index (Phi) is 56.3. The van der Waals surface area contributed by atoms with E-state index in [-0.39, 0.29) is 37.5 Å². The van der Waals surface area contributed by atoms with Crippen LogP contribution in [0.5, 0.6) is 0 Å². The number of esters is 3. The molecule has 0 aromatic rings. The molecule has 0 amide bonds. The van der Waals surface area contributed by atoms with Crippen LogP contribution < -0.4 is 0 Å². The highest BCUT2D eigenvalue weighted by molar-refractivity contribution is 5.71. The topological polar surface area (TPSA) is 78.9 Å². The lowest BCUT2D eigenvalue weighted by Crippen LogP contribution is -2.30. The summed E-state index contributed by atoms with van der Waals surface area (Å²) in [5.41, 5.74) is 0. The van der Waals surface area contributed by atoms with Gasteiger partial charge in [-0.25, -0.2) is 0 Å². The van der Waals surface area contributed by atoms with E-state index in [0.717, 1.165) is 83.5 Å². The van der Waals surface area contributed by atoms with Crippen molar-refractivity contribution in [2.45, 2.75) is 297 Å². The Labute approximate surface area is 439 Å². The Balaban J connectivity index is 4.50. The number of hydrogen-bond acceptors (Lipinski definition) is 6. The molecule has 0 aliphatic carbocycles. The predicted molar refractivity (Wildman–Crippen MR) is 307 cm³/mol. The number of hydrogen-bond donors (Lipinski definition) is 0. The average Bonchev–Trinajstić information content (AvgIpc) is 3.37. The van der Waals surface area contributed by atoms with E-state index in [1.807, 2.05) is 0 Å². The molecule has 0 aliphatic rings. The second-order valence-corrected chi connectivity index (χ2v) is 19.9. The van der Waals surface area contributed by atoms with Gasteiger partial charge in [0.2, 0.25) is 0 Å². The summed E-state index contributed by atoms with van der Waals surface area (Å²) in [5.74, 6) is -0.978. The highest BCUT2D eigenvalue weighted by atomic mass is 16.6. The summed E-state index contributed by atoms with van der Waals surface area (Å²) in [6.07, 6.45) is 77.2. The molecule has 6 nitrogen and oxygen atoms in total. The summed E-state index contributed by atoms with van der Waals surface area (Å²) in [7, 11) is 0. The van der Waals surface area contributed by atoms with Gasteiger partial charge in [-0.3, -0.25) is 14.4 Å². The zero-order valence-electron chi connectivity index (χ0n) is 46.7. The summed E-state index contributed by atoms with van der Waals surface area (Å²) in [6, 6.07) is 0. The van der Waals surface area contributed by atoms with Gasteiger partial charge in [0.15, 0.2) is 6.10 Å². The Bertz CT molecular complexity index is 1370. The van der Waals surface area contributed by atoms with E-state index in [1.54, 1.807) is 0 Å². The van der Waals surface area contributed by atoms with Crippen LogP contribution in [0.25, 0.3) is 0 Å². The number of carbonyl (C=O) groups excluding carboxylic acids is 3. The summed E-state index contributed by atoms with van der Waals surface area (Å²) in [6.45, 7) is 6.56. The highest BCUT2D eigenvalue weighted by Gasteiger charge is 2.19. The molecule has 0 unspecified atom stereocenters. The van der Waals surface area contributed by atoms with E-state index in [1.165, 1.54) is 161 Å². The van der Waals surface area contributed by atoms with Gasteiger partial charge < -0.3 is 14.2 Å². The van der Waals surface area contributed by atoms with Crippen molar-refractivity contribution in [3.05, 3.63) is 85.1 Å². The summed E-state index contributed by atoms with van der Waals surface area (Å²) in [4.78, 5) is 38.2. The van der Waals surface area contributed by atoms with Crippen LogP contribution in [0.2, 0.25) is 0 Å². The monoisotopic (exact) mass is 989 g/mol. The van der Waals surface area contributed by atoms with Crippen LogP contribution >= 0.6 is 0 Å². The van der Waals surface area contributed by atoms with Crippen molar-refractivity contribution in [1.82, 2.24) is 0 Å². The van der Waals surface area contributed by atoms with Crippen LogP contribution in [0, 0.1) is 0 Å². The van der Waals surface area contributed by atoms with Crippen LogP contribution in [-0.2, 0) is 28.6 Å². The van der Waals surface area contributed by atoms with Crippen LogP contribution in [0.1, 0.15) is 290 Å². The van der Waals surface area contributed by atoms with Crippen molar-refractivity contribution in [2.75, 3.05) is 13.2 Å². The molecule has 0 radical (unpaired) electrons. The highest BCUT2D eigenvalue weighted by Crippen LogP contribution is 2.16. The zero-order chi connectivity index (χ0) is 51.4. The lowest BCUT2D eigenvalue weighted by molar-refractivity contribution is -0.167. The normalized spacial score (nSPS) is 12.7. The molecule has 0 aromatic carbocycles. The molecule has 0 rings (SSSR count). The molecule has 0 saturated heterocycles. The van der Waals surface area contributed by atoms with E-state index in [2.05, 4.69) is 106 Å². The largest absolute Gasteiger partial charge is 0.462 e. The fourth-order valence-corrected chi connectivity index (χ4v) is 8.33. The molecule has 1 atom stereocenters. The third kappa shape index (κ3) is 57.4. The van der Waals surface area contributed by atoms with Crippen molar-refractivity contribution in [2.24, 2.45) is 0 Å². The molecular formula is C65H112O6. The van der Waals surface area contributed by atoms with Gasteiger partial charge in [0.1, 0.15) is 13.2 Å². The average molecular weight is 990 g/mol. The van der Waals surface area contributed by atoms with Crippen LogP contribution in [0.15, 0.2) is 85.1 Å². The van der Waals surface area contributed by atoms with Crippen molar-refractivity contribution < 1.29 is 28.6 Å². The number of allylic oxidation sites excluding steroid dienone is 14. The Morgan fingerprint density at radius 2 is 0.521 bits per heavy atom. The van der Waals surface area contributed by atoms with Gasteiger partial charge in [0.25, 0.3) is 0 Å². The first-order valence-corrected chi connectivity index (χ1v) is 30.1. The van der Waals surface area contributed by atoms with Crippen LogP contribution in [0.3, 0.4) is 0 Å². The fraction of sp³-hybridized carbons (Fsp3) is 0.738. The quantitative estimate of drug-likeness (QED) is 0.0261. The lowest BCUT2D eigenvalue weighted by atomic mass is 10.0. The zero-order valence-corrected chi connectivity index (χ0v) is 46.7. The second kappa shape index (κ2) is 59.2. The molecule has 0 spiro atoms. The maximum atomic E-state index is 12.9. The van der Waals surface area contributed by atoms with Crippen LogP contribution in [-0.4, -0.2) is 37.2 Å². The van der Waals surface area contributed by atoms with Gasteiger partial charge in [0.05, 0.1) is 0 Å². The predicted octanol–water partition coefficient (Wildman–Crippen LogP) is 20.3. The standard InChI is InChI=1S/C65H112O6/c1-4-7-10-13-16-19-22-25-28-31-32-35-37-40-43-46-49-52-55-58-64(67)70-61-62(71-65(68)59-56-53-50-47-44-41-38-34-30-27-24-21-18-15-12-9-6-3)60-69-63(66)57-54-51-48-45-42-39-36-33-29-26-23-20-17-14-11-8-5-2/h16,19,25-26,28-29,32,35-36,39-40,43,45,48,62H,4-15,17-18,20-24,27,30-31,33-34,37-38,41-42,44,46-47,49-61H2,1-3H3/b19-16-,28-25-,29-26-,35-32-,39-36-,43-40-,48-45-/t62-/m0/s1. The molecule has 0 aliphatic heterocycles. The lowest BCUT2D eigenvalue weighted by Gasteiger charge is -2.18. The maximum Gasteiger partial charge on any atom is 0.306 e. The molecule has 0 aromatic heterocycles. The molecule has 6 heteroatoms. The number of carbonyl (C=O) groups is 3. The summed E-state index contributed by atoms with van der Waals surface area (Å²) < 4.78 is 16.8. The first-order chi connectivity index (χ1) is 35.0. The first-order valence-electron chi connectivity index (χ1n) is 30.1. The third-order valence-electron chi connectivity index (χ3n) is 12.9. The number of ether oxygens (including phenoxy) is 3. The minimum Gasteiger partial charge on any atom is -0.462 e. The first kappa shape index (κ1) is 67.6. The number of rotatable bonds is 54. The van der Waals surface area contributed by atoms with Crippen molar-refractivity contribution >= 4 is 17.9 Å². The number of unbranched alkanes of at least 4 members (excludes halogenated alkanes) is 29. The van der Waals surface area contributed by atoms with Gasteiger partial charge in [0, 0.05) is 19.3 Å². The Hall–Kier alpha value is -3.41. The minimum atomic E-state index is -0.809. The second-order valence-electron chi connectivity index (χ2n) is 19.9. The van der Waals surface area contributed by atoms with Crippen molar-refractivity contribution in [1.29, 1.82) is 0 Å². The van der Waals surface area contributed by atoms with Gasteiger partial charge >= 0.3 is 17.9 Å². The molecule has 0 fully saturated rings. The smallest absolute Gasteiger partial charge is 0.306 e. The molecular weight excluding hydrogens is 877 g/mol. The van der Waals surface area contributed by atoms with Crippen molar-refractivity contribution in [3.8, 4) is 0 Å². The molecule has 408 valence electrons. The molecule has 0 N–H and O–H groups in total. The Morgan fingerprint density at radius 3 is 0.887 bits per heavy atom. The van der Waals surface area contributed by atoms with Gasteiger partial charge in [-0.05, 0) is 96.3 Å². The molecule has 71 heavy (non-hydrogen) atoms. The van der Waals surface area contributed by atoms with Gasteiger partial charge in [-0.2, -0.15) is 0 Å². The van der Waals surface area contributed by atoms with Gasteiger partial charge in [-0.15, -0.1) is 0 Å². The maximum absolute atomic E-state index is 12.9. The summed E-state index contributed by atoms with van der Waals surface area (Å²) in [5, 5.41) is 0. The molecule has 0 bridgehead atoms. The third-order valence-corrected chi connectivity index (χ3v) is 12.9. The SMILES string of the molecule is CCCCC/C=C\C/C=C\C/C=C\C/C=C\CCCCCC(=O)OC[C@H](COC(=O)CCC/C=C\C/C=C\C/C=C\CCCCCCCC)OC(=O)CCCCCCCCCCCCCCCCCCC. The van der Waals surface area contributed by atoms with E-state index in [9.17, 15) is 14.4 Å². The van der Waals surface area contributed by atoms with E-state index < -0.39 is 6.10 Å². The fourth-order valence-electron chi connectivity index (χ4n) is 8.33. The molecule has 0 heterocycles. The Morgan fingerprint density at radius 1 is 0.282 bits per heavy atom. The minimum absolute atomic E-state index is 0.107. The summed E-state index contributed by atoms with van der Waals surface area (Å²) >= 11 is 0.